The highest BCUT2D eigenvalue weighted by molar-refractivity contribution is 7.21. The van der Waals surface area contributed by atoms with Gasteiger partial charge in [0.25, 0.3) is 0 Å². The lowest BCUT2D eigenvalue weighted by atomic mass is 10.0. The van der Waals surface area contributed by atoms with E-state index in [1.54, 1.807) is 19.2 Å². The fourth-order valence-corrected chi connectivity index (χ4v) is 5.67. The summed E-state index contributed by atoms with van der Waals surface area (Å²) in [5.41, 5.74) is 4.01. The predicted octanol–water partition coefficient (Wildman–Crippen LogP) is 10.1. The molecule has 2 saturated heterocycles. The van der Waals surface area contributed by atoms with Crippen LogP contribution in [0.1, 0.15) is 131 Å². The van der Waals surface area contributed by atoms with Crippen molar-refractivity contribution in [2.75, 3.05) is 39.3 Å². The third-order valence-corrected chi connectivity index (χ3v) is 9.56. The van der Waals surface area contributed by atoms with Crippen molar-refractivity contribution < 1.29 is 5.11 Å². The van der Waals surface area contributed by atoms with Crippen LogP contribution in [-0.2, 0) is 0 Å². The highest BCUT2D eigenvalue weighted by atomic mass is 35.5. The Kier molecular flexibility index (Phi) is 25.2. The minimum atomic E-state index is 0.255. The van der Waals surface area contributed by atoms with Crippen molar-refractivity contribution >= 4 is 25.9 Å². The Morgan fingerprint density at radius 1 is 1.05 bits per heavy atom. The van der Waals surface area contributed by atoms with Gasteiger partial charge >= 0.3 is 0 Å². The van der Waals surface area contributed by atoms with Gasteiger partial charge in [-0.05, 0) is 110 Å². The van der Waals surface area contributed by atoms with Crippen LogP contribution in [0.5, 0.6) is 5.75 Å². The van der Waals surface area contributed by atoms with E-state index in [1.165, 1.54) is 76.7 Å². The zero-order valence-electron chi connectivity index (χ0n) is 30.2. The normalized spacial score (nSPS) is 17.5. The molecule has 0 aromatic carbocycles. The molecular weight excluding hydrogens is 583 g/mol. The molecule has 1 unspecified atom stereocenters. The molecule has 0 aliphatic carbocycles. The zero-order chi connectivity index (χ0) is 33.5. The lowest BCUT2D eigenvalue weighted by Gasteiger charge is -2.41. The van der Waals surface area contributed by atoms with Gasteiger partial charge in [-0.25, -0.2) is 0 Å². The van der Waals surface area contributed by atoms with E-state index in [-0.39, 0.29) is 5.75 Å². The first-order valence-corrected chi connectivity index (χ1v) is 18.5. The Morgan fingerprint density at radius 2 is 1.66 bits per heavy atom. The quantitative estimate of drug-likeness (QED) is 0.191. The lowest BCUT2D eigenvalue weighted by Crippen LogP contribution is -2.48. The minimum absolute atomic E-state index is 0.255. The van der Waals surface area contributed by atoms with E-state index >= 15 is 0 Å². The topological polar surface area (TPSA) is 42.8 Å². The van der Waals surface area contributed by atoms with Gasteiger partial charge in [0.15, 0.2) is 0 Å². The Balaban J connectivity index is 0.000000631. The Labute approximate surface area is 280 Å². The lowest BCUT2D eigenvalue weighted by molar-refractivity contribution is 0.0793. The monoisotopic (exact) mass is 650 g/mol. The van der Waals surface area contributed by atoms with Crippen LogP contribution in [0.3, 0.4) is 0 Å². The predicted molar refractivity (Wildman–Crippen MR) is 200 cm³/mol. The van der Waals surface area contributed by atoms with Crippen molar-refractivity contribution in [3.8, 4) is 5.75 Å². The molecule has 2 fully saturated rings. The van der Waals surface area contributed by atoms with Crippen LogP contribution in [0, 0.1) is 6.92 Å². The highest BCUT2D eigenvalue weighted by Gasteiger charge is 2.25. The molecule has 0 saturated carbocycles. The largest absolute Gasteiger partial charge is 0.506 e. The smallest absolute Gasteiger partial charge is 0.137 e. The molecule has 1 N–H and O–H groups in total. The van der Waals surface area contributed by atoms with Crippen molar-refractivity contribution in [3.63, 3.8) is 0 Å². The summed E-state index contributed by atoms with van der Waals surface area (Å²) in [4.78, 5) is 11.8. The maximum Gasteiger partial charge on any atom is 0.137 e. The molecule has 254 valence electrons. The second-order valence-corrected chi connectivity index (χ2v) is 12.7. The summed E-state index contributed by atoms with van der Waals surface area (Å²) in [6.07, 6.45) is 17.0. The minimum Gasteiger partial charge on any atom is -0.506 e. The Hall–Kier alpha value is -1.23. The molecular formula is C37H68ClN4OP. The van der Waals surface area contributed by atoms with Crippen molar-refractivity contribution in [1.82, 2.24) is 19.7 Å². The molecule has 0 bridgehead atoms. The van der Waals surface area contributed by atoms with E-state index < -0.39 is 0 Å². The van der Waals surface area contributed by atoms with Gasteiger partial charge in [0.1, 0.15) is 5.75 Å². The first-order chi connectivity index (χ1) is 21.1. The molecule has 2 aliphatic rings. The van der Waals surface area contributed by atoms with E-state index in [1.807, 2.05) is 26.8 Å². The summed E-state index contributed by atoms with van der Waals surface area (Å²) < 4.78 is 0. The Morgan fingerprint density at radius 3 is 2.14 bits per heavy atom. The number of pyridine rings is 1. The van der Waals surface area contributed by atoms with Crippen molar-refractivity contribution in [1.29, 1.82) is 0 Å². The molecule has 1 aromatic heterocycles. The van der Waals surface area contributed by atoms with E-state index in [0.717, 1.165) is 54.0 Å². The number of aromatic nitrogens is 1. The first-order valence-electron chi connectivity index (χ1n) is 17.6. The van der Waals surface area contributed by atoms with Crippen LogP contribution < -0.4 is 0 Å². The van der Waals surface area contributed by atoms with Crippen molar-refractivity contribution in [2.45, 2.75) is 139 Å². The third kappa shape index (κ3) is 16.9. The molecule has 1 aromatic rings. The van der Waals surface area contributed by atoms with E-state index in [4.69, 9.17) is 11.6 Å². The highest BCUT2D eigenvalue weighted by Crippen LogP contribution is 2.21. The number of aromatic hydroxyl groups is 1. The second-order valence-electron chi connectivity index (χ2n) is 11.7. The number of hydrogen-bond acceptors (Lipinski definition) is 4. The fraction of sp³-hybridized carbons (Fsp3) is 0.730. The number of halogens is 1. The summed E-state index contributed by atoms with van der Waals surface area (Å²) >= 11 is 5.78. The molecule has 2 aliphatic heterocycles. The maximum absolute atomic E-state index is 9.63. The Bertz CT molecular complexity index is 935. The van der Waals surface area contributed by atoms with Gasteiger partial charge in [0.2, 0.25) is 0 Å². The van der Waals surface area contributed by atoms with Gasteiger partial charge in [-0.15, -0.1) is 8.86 Å². The average molecular weight is 651 g/mol. The van der Waals surface area contributed by atoms with E-state index in [2.05, 4.69) is 76.2 Å². The number of rotatable bonds is 11. The van der Waals surface area contributed by atoms with E-state index in [9.17, 15) is 5.11 Å². The molecule has 0 amide bonds. The molecule has 1 atom stereocenters. The SMILES string of the molecule is CC.CC/C(C)=C\C=C(\Cl)CC.CCCN(C(C)CC)C1CCN(CC)CC1.Cc1ncc(C(=P)N2CCCCC2)cc1O. The molecule has 3 rings (SSSR count). The molecule has 0 spiro atoms. The number of nitrogens with zero attached hydrogens (tertiary/aromatic N) is 4. The number of allylic oxidation sites excluding steroid dienone is 4. The average Bonchev–Trinajstić information content (AvgIpc) is 3.08. The summed E-state index contributed by atoms with van der Waals surface area (Å²) in [7, 11) is 3.65. The molecule has 5 nitrogen and oxygen atoms in total. The van der Waals surface area contributed by atoms with Crippen LogP contribution in [0.2, 0.25) is 0 Å². The second kappa shape index (κ2) is 25.9. The van der Waals surface area contributed by atoms with Gasteiger partial charge in [0, 0.05) is 47.4 Å². The van der Waals surface area contributed by atoms with Gasteiger partial charge in [-0.1, -0.05) is 78.1 Å². The van der Waals surface area contributed by atoms with Gasteiger partial charge in [0.05, 0.1) is 5.69 Å². The van der Waals surface area contributed by atoms with Crippen LogP contribution >= 0.6 is 20.5 Å². The van der Waals surface area contributed by atoms with Crippen LogP contribution in [0.15, 0.2) is 35.0 Å². The molecule has 7 heteroatoms. The van der Waals surface area contributed by atoms with Crippen LogP contribution in [0.4, 0.5) is 0 Å². The molecule has 44 heavy (non-hydrogen) atoms. The van der Waals surface area contributed by atoms with Gasteiger partial charge in [-0.3, -0.25) is 14.8 Å². The van der Waals surface area contributed by atoms with Crippen LogP contribution in [-0.4, -0.2) is 81.6 Å². The van der Waals surface area contributed by atoms with Gasteiger partial charge < -0.3 is 10.0 Å². The summed E-state index contributed by atoms with van der Waals surface area (Å²) in [6, 6.07) is 3.37. The number of likely N-dealkylation sites (tertiary alicyclic amines) is 2. The third-order valence-electron chi connectivity index (χ3n) is 8.56. The van der Waals surface area contributed by atoms with Gasteiger partial charge in [-0.2, -0.15) is 0 Å². The van der Waals surface area contributed by atoms with Crippen molar-refractivity contribution in [2.24, 2.45) is 0 Å². The first kappa shape index (κ1) is 42.8. The maximum atomic E-state index is 9.63. The van der Waals surface area contributed by atoms with Crippen molar-refractivity contribution in [3.05, 3.63) is 46.3 Å². The van der Waals surface area contributed by atoms with E-state index in [0.29, 0.717) is 5.69 Å². The summed E-state index contributed by atoms with van der Waals surface area (Å²) in [6.45, 7) is 28.6. The number of piperidine rings is 2. The zero-order valence-corrected chi connectivity index (χ0v) is 31.9. The number of aryl methyl sites for hydroxylation is 1. The fourth-order valence-electron chi connectivity index (χ4n) is 5.24. The number of hydrogen-bond donors (Lipinski definition) is 1. The summed E-state index contributed by atoms with van der Waals surface area (Å²) in [5, 5.41) is 10.6. The molecule has 3 heterocycles. The summed E-state index contributed by atoms with van der Waals surface area (Å²) in [5.74, 6) is 0.255. The standard InChI is InChI=1S/C14H30N2.C12H17N2OP.C9H15Cl.C2H6/c1-5-10-16(13(4)6-2)14-8-11-15(7-3)12-9-14;1-9-11(15)7-10(8-13-9)12(16)14-5-3-2-4-6-14;1-4-8(3)6-7-9(10)5-2;1-2/h13-14H,5-12H2,1-4H3;7-8,15-16H,2-6H2,1H3;6-7H,4-5H2,1-3H3;1-2H3/b;;8-6-,9-7+;. The van der Waals surface area contributed by atoms with Crippen LogP contribution in [0.25, 0.3) is 0 Å². The molecule has 0 radical (unpaired) electrons.